The molecule has 0 saturated carbocycles. The Morgan fingerprint density at radius 1 is 1.05 bits per heavy atom. The summed E-state index contributed by atoms with van der Waals surface area (Å²) in [6.07, 6.45) is 0.426. The van der Waals surface area contributed by atoms with Gasteiger partial charge in [-0.25, -0.2) is 4.39 Å². The first-order valence-electron chi connectivity index (χ1n) is 6.78. The molecule has 0 bridgehead atoms. The highest BCUT2D eigenvalue weighted by molar-refractivity contribution is 5.83. The molecule has 0 fully saturated rings. The van der Waals surface area contributed by atoms with Crippen LogP contribution in [0.3, 0.4) is 0 Å². The lowest BCUT2D eigenvalue weighted by molar-refractivity contribution is 0.592. The van der Waals surface area contributed by atoms with Gasteiger partial charge in [0.05, 0.1) is 0 Å². The zero-order valence-electron chi connectivity index (χ0n) is 11.4. The van der Waals surface area contributed by atoms with Crippen molar-refractivity contribution in [1.82, 2.24) is 4.57 Å². The first kappa shape index (κ1) is 13.4. The maximum Gasteiger partial charge on any atom is 0.259 e. The Hall–Kier alpha value is -2.62. The Morgan fingerprint density at radius 3 is 2.57 bits per heavy atom. The Bertz CT molecular complexity index is 855. The van der Waals surface area contributed by atoms with Crippen LogP contribution in [0.1, 0.15) is 5.56 Å². The van der Waals surface area contributed by atoms with Crippen molar-refractivity contribution in [3.63, 3.8) is 0 Å². The number of fused-ring (bicyclic) bond motifs is 1. The van der Waals surface area contributed by atoms with Crippen molar-refractivity contribution >= 4 is 16.6 Å². The van der Waals surface area contributed by atoms with E-state index in [9.17, 15) is 9.18 Å². The van der Waals surface area contributed by atoms with Crippen LogP contribution in [0.2, 0.25) is 0 Å². The minimum Gasteiger partial charge on any atom is -0.385 e. The fourth-order valence-electron chi connectivity index (χ4n) is 2.48. The summed E-state index contributed by atoms with van der Waals surface area (Å²) in [6.45, 7) is 0.358. The summed E-state index contributed by atoms with van der Waals surface area (Å²) in [6, 6.07) is 15.7. The lowest BCUT2D eigenvalue weighted by Crippen LogP contribution is -2.24. The normalized spacial score (nSPS) is 10.9. The van der Waals surface area contributed by atoms with Crippen molar-refractivity contribution in [2.75, 3.05) is 5.73 Å². The summed E-state index contributed by atoms with van der Waals surface area (Å²) < 4.78 is 15.1. The lowest BCUT2D eigenvalue weighted by atomic mass is 10.1. The number of nitrogens with zero attached hydrogens (tertiary/aromatic N) is 1. The summed E-state index contributed by atoms with van der Waals surface area (Å²) in [5, 5.41) is 1.45. The quantitative estimate of drug-likeness (QED) is 0.803. The topological polar surface area (TPSA) is 48.0 Å². The fraction of sp³-hybridized carbons (Fsp3) is 0.118. The Labute approximate surface area is 121 Å². The average molecular weight is 282 g/mol. The fourth-order valence-corrected chi connectivity index (χ4v) is 2.48. The molecule has 0 radical (unpaired) electrons. The van der Waals surface area contributed by atoms with E-state index >= 15 is 0 Å². The van der Waals surface area contributed by atoms with Crippen LogP contribution < -0.4 is 11.3 Å². The van der Waals surface area contributed by atoms with E-state index in [2.05, 4.69) is 0 Å². The van der Waals surface area contributed by atoms with Crippen LogP contribution in [-0.2, 0) is 13.0 Å². The van der Waals surface area contributed by atoms with Gasteiger partial charge in [-0.15, -0.1) is 0 Å². The number of hydrogen-bond acceptors (Lipinski definition) is 2. The number of anilines is 1. The van der Waals surface area contributed by atoms with Gasteiger partial charge in [0.15, 0.2) is 0 Å². The van der Waals surface area contributed by atoms with Crippen molar-refractivity contribution in [3.8, 4) is 0 Å². The van der Waals surface area contributed by atoms with Gasteiger partial charge in [-0.05, 0) is 35.6 Å². The Morgan fingerprint density at radius 2 is 1.76 bits per heavy atom. The van der Waals surface area contributed by atoms with Gasteiger partial charge in [0.25, 0.3) is 5.56 Å². The summed E-state index contributed by atoms with van der Waals surface area (Å²) in [4.78, 5) is 12.4. The van der Waals surface area contributed by atoms with Crippen LogP contribution in [0.25, 0.3) is 10.8 Å². The molecule has 0 aliphatic carbocycles. The molecule has 0 unspecified atom stereocenters. The van der Waals surface area contributed by atoms with Crippen LogP contribution in [0, 0.1) is 5.82 Å². The highest BCUT2D eigenvalue weighted by Crippen LogP contribution is 2.14. The molecule has 2 aromatic carbocycles. The SMILES string of the molecule is Nc1cc2ccccc2c(=O)n1CCc1ccccc1F. The second-order valence-corrected chi connectivity index (χ2v) is 4.95. The number of aryl methyl sites for hydroxylation is 1. The molecule has 0 atom stereocenters. The summed E-state index contributed by atoms with van der Waals surface area (Å²) >= 11 is 0. The van der Waals surface area contributed by atoms with Gasteiger partial charge in [0, 0.05) is 11.9 Å². The van der Waals surface area contributed by atoms with Crippen LogP contribution >= 0.6 is 0 Å². The molecular weight excluding hydrogens is 267 g/mol. The zero-order chi connectivity index (χ0) is 14.8. The highest BCUT2D eigenvalue weighted by atomic mass is 19.1. The molecule has 3 rings (SSSR count). The van der Waals surface area contributed by atoms with Crippen molar-refractivity contribution in [3.05, 3.63) is 76.3 Å². The number of rotatable bonds is 3. The van der Waals surface area contributed by atoms with E-state index in [4.69, 9.17) is 5.73 Å². The van der Waals surface area contributed by atoms with Crippen LogP contribution in [0.4, 0.5) is 10.2 Å². The van der Waals surface area contributed by atoms with Crippen molar-refractivity contribution in [1.29, 1.82) is 0 Å². The highest BCUT2D eigenvalue weighted by Gasteiger charge is 2.08. The molecule has 1 heterocycles. The molecule has 0 saturated heterocycles. The van der Waals surface area contributed by atoms with Gasteiger partial charge >= 0.3 is 0 Å². The van der Waals surface area contributed by atoms with E-state index in [1.165, 1.54) is 10.6 Å². The molecule has 1 aromatic heterocycles. The minimum absolute atomic E-state index is 0.137. The predicted octanol–water partition coefficient (Wildman–Crippen LogP) is 2.97. The standard InChI is InChI=1S/C17H15FN2O/c18-15-8-4-2-5-12(15)9-10-20-16(19)11-13-6-1-3-7-14(13)17(20)21/h1-8,11H,9-10,19H2. The molecule has 2 N–H and O–H groups in total. The Kier molecular flexibility index (Phi) is 3.44. The molecule has 3 nitrogen and oxygen atoms in total. The maximum absolute atomic E-state index is 13.6. The second kappa shape index (κ2) is 5.40. The molecule has 21 heavy (non-hydrogen) atoms. The van der Waals surface area contributed by atoms with Crippen molar-refractivity contribution < 1.29 is 4.39 Å². The third-order valence-electron chi connectivity index (χ3n) is 3.61. The number of aromatic nitrogens is 1. The number of benzene rings is 2. The van der Waals surface area contributed by atoms with E-state index in [-0.39, 0.29) is 11.4 Å². The third kappa shape index (κ3) is 2.52. The van der Waals surface area contributed by atoms with E-state index in [1.54, 1.807) is 30.3 Å². The van der Waals surface area contributed by atoms with Gasteiger partial charge in [-0.2, -0.15) is 0 Å². The first-order valence-corrected chi connectivity index (χ1v) is 6.78. The molecule has 0 aliphatic heterocycles. The van der Waals surface area contributed by atoms with Gasteiger partial charge < -0.3 is 5.73 Å². The molecule has 0 amide bonds. The van der Waals surface area contributed by atoms with E-state index < -0.39 is 0 Å². The third-order valence-corrected chi connectivity index (χ3v) is 3.61. The molecular formula is C17H15FN2O. The van der Waals surface area contributed by atoms with Crippen molar-refractivity contribution in [2.24, 2.45) is 0 Å². The molecule has 0 spiro atoms. The molecule has 4 heteroatoms. The molecule has 106 valence electrons. The lowest BCUT2D eigenvalue weighted by Gasteiger charge is -2.11. The molecule has 0 aliphatic rings. The van der Waals surface area contributed by atoms with Gasteiger partial charge in [0.1, 0.15) is 11.6 Å². The van der Waals surface area contributed by atoms with Crippen LogP contribution in [0.15, 0.2) is 59.4 Å². The largest absolute Gasteiger partial charge is 0.385 e. The second-order valence-electron chi connectivity index (χ2n) is 4.95. The van der Waals surface area contributed by atoms with E-state index in [0.29, 0.717) is 29.7 Å². The zero-order valence-corrected chi connectivity index (χ0v) is 11.4. The van der Waals surface area contributed by atoms with Crippen LogP contribution in [-0.4, -0.2) is 4.57 Å². The van der Waals surface area contributed by atoms with E-state index in [0.717, 1.165) is 5.39 Å². The number of hydrogen-bond donors (Lipinski definition) is 1. The molecule has 3 aromatic rings. The summed E-state index contributed by atoms with van der Waals surface area (Å²) in [5.74, 6) is 0.139. The maximum atomic E-state index is 13.6. The number of nitrogens with two attached hydrogens (primary N) is 1. The number of nitrogen functional groups attached to an aromatic ring is 1. The monoisotopic (exact) mass is 282 g/mol. The van der Waals surface area contributed by atoms with Crippen molar-refractivity contribution in [2.45, 2.75) is 13.0 Å². The van der Waals surface area contributed by atoms with Crippen LogP contribution in [0.5, 0.6) is 0 Å². The number of pyridine rings is 1. The predicted molar refractivity (Wildman–Crippen MR) is 82.7 cm³/mol. The summed E-state index contributed by atoms with van der Waals surface area (Å²) in [5.41, 5.74) is 6.40. The Balaban J connectivity index is 1.98. The smallest absolute Gasteiger partial charge is 0.259 e. The van der Waals surface area contributed by atoms with Gasteiger partial charge in [-0.1, -0.05) is 36.4 Å². The van der Waals surface area contributed by atoms with Gasteiger partial charge in [0.2, 0.25) is 0 Å². The van der Waals surface area contributed by atoms with E-state index in [1.807, 2.05) is 18.2 Å². The average Bonchev–Trinajstić information content (AvgIpc) is 2.49. The summed E-state index contributed by atoms with van der Waals surface area (Å²) in [7, 11) is 0. The first-order chi connectivity index (χ1) is 10.2. The number of halogens is 1. The van der Waals surface area contributed by atoms with Gasteiger partial charge in [-0.3, -0.25) is 9.36 Å². The minimum atomic E-state index is -0.259.